The predicted octanol–water partition coefficient (Wildman–Crippen LogP) is 2.98. The highest BCUT2D eigenvalue weighted by atomic mass is 16.5. The maximum atomic E-state index is 5.39. The van der Waals surface area contributed by atoms with Crippen molar-refractivity contribution in [3.8, 4) is 0 Å². The van der Waals surface area contributed by atoms with Crippen LogP contribution in [0.5, 0.6) is 0 Å². The summed E-state index contributed by atoms with van der Waals surface area (Å²) in [7, 11) is 1.83. The molecular weight excluding hydrogens is 210 g/mol. The van der Waals surface area contributed by atoms with Crippen molar-refractivity contribution in [2.75, 3.05) is 13.7 Å². The minimum Gasteiger partial charge on any atom is -0.381 e. The average molecular weight is 233 g/mol. The van der Waals surface area contributed by atoms with Crippen LogP contribution in [0.1, 0.15) is 31.2 Å². The van der Waals surface area contributed by atoms with Crippen LogP contribution in [0.15, 0.2) is 30.3 Å². The fraction of sp³-hybridized carbons (Fsp3) is 0.600. The van der Waals surface area contributed by atoms with E-state index in [2.05, 4.69) is 35.6 Å². The van der Waals surface area contributed by atoms with Gasteiger partial charge in [0.05, 0.1) is 6.10 Å². The summed E-state index contributed by atoms with van der Waals surface area (Å²) in [5, 5.41) is 3.56. The molecule has 0 radical (unpaired) electrons. The van der Waals surface area contributed by atoms with Gasteiger partial charge in [-0.15, -0.1) is 0 Å². The molecule has 0 bridgehead atoms. The normalized spacial score (nSPS) is 24.8. The molecule has 17 heavy (non-hydrogen) atoms. The number of methoxy groups -OCH3 is 1. The smallest absolute Gasteiger partial charge is 0.0571 e. The monoisotopic (exact) mass is 233 g/mol. The number of ether oxygens (including phenoxy) is 1. The minimum atomic E-state index is 0.514. The summed E-state index contributed by atoms with van der Waals surface area (Å²) in [5.41, 5.74) is 1.37. The van der Waals surface area contributed by atoms with Gasteiger partial charge in [-0.1, -0.05) is 30.3 Å². The summed E-state index contributed by atoms with van der Waals surface area (Å²) in [6, 6.07) is 10.6. The van der Waals surface area contributed by atoms with Crippen molar-refractivity contribution in [2.24, 2.45) is 5.92 Å². The van der Waals surface area contributed by atoms with Crippen LogP contribution in [0.25, 0.3) is 0 Å². The van der Waals surface area contributed by atoms with Crippen molar-refractivity contribution in [3.05, 3.63) is 35.9 Å². The fourth-order valence-electron chi connectivity index (χ4n) is 2.59. The minimum absolute atomic E-state index is 0.514. The molecule has 2 heteroatoms. The summed E-state index contributed by atoms with van der Waals surface area (Å²) in [5.74, 6) is 0.838. The van der Waals surface area contributed by atoms with Crippen molar-refractivity contribution in [3.63, 3.8) is 0 Å². The topological polar surface area (TPSA) is 21.3 Å². The quantitative estimate of drug-likeness (QED) is 0.844. The van der Waals surface area contributed by atoms with E-state index in [0.29, 0.717) is 6.10 Å². The van der Waals surface area contributed by atoms with Gasteiger partial charge in [-0.25, -0.2) is 0 Å². The zero-order valence-corrected chi connectivity index (χ0v) is 10.7. The molecule has 2 nitrogen and oxygen atoms in total. The van der Waals surface area contributed by atoms with Gasteiger partial charge in [0.2, 0.25) is 0 Å². The lowest BCUT2D eigenvalue weighted by molar-refractivity contribution is 0.0567. The Hall–Kier alpha value is -0.860. The SMILES string of the molecule is COC1CCC(CNCc2ccccc2)CC1. The van der Waals surface area contributed by atoms with Gasteiger partial charge in [0.1, 0.15) is 0 Å². The number of hydrogen-bond donors (Lipinski definition) is 1. The predicted molar refractivity (Wildman–Crippen MR) is 70.9 cm³/mol. The first-order chi connectivity index (χ1) is 8.38. The maximum absolute atomic E-state index is 5.39. The summed E-state index contributed by atoms with van der Waals surface area (Å²) < 4.78 is 5.39. The van der Waals surface area contributed by atoms with E-state index >= 15 is 0 Å². The lowest BCUT2D eigenvalue weighted by atomic mass is 9.87. The average Bonchev–Trinajstić information content (AvgIpc) is 2.41. The summed E-state index contributed by atoms with van der Waals surface area (Å²) in [6.07, 6.45) is 5.59. The van der Waals surface area contributed by atoms with Crippen molar-refractivity contribution < 1.29 is 4.74 Å². The van der Waals surface area contributed by atoms with Gasteiger partial charge in [-0.2, -0.15) is 0 Å². The second-order valence-corrected chi connectivity index (χ2v) is 4.99. The van der Waals surface area contributed by atoms with Gasteiger partial charge < -0.3 is 10.1 Å². The summed E-state index contributed by atoms with van der Waals surface area (Å²) in [6.45, 7) is 2.14. The van der Waals surface area contributed by atoms with E-state index < -0.39 is 0 Å². The Kier molecular flexibility index (Phi) is 5.02. The van der Waals surface area contributed by atoms with Gasteiger partial charge in [-0.3, -0.25) is 0 Å². The Morgan fingerprint density at radius 3 is 2.47 bits per heavy atom. The van der Waals surface area contributed by atoms with Crippen LogP contribution in [-0.2, 0) is 11.3 Å². The van der Waals surface area contributed by atoms with Crippen LogP contribution in [0.3, 0.4) is 0 Å². The molecule has 0 heterocycles. The molecule has 1 aromatic rings. The molecule has 1 saturated carbocycles. The lowest BCUT2D eigenvalue weighted by Gasteiger charge is -2.27. The van der Waals surface area contributed by atoms with Crippen LogP contribution in [0, 0.1) is 5.92 Å². The third-order valence-electron chi connectivity index (χ3n) is 3.73. The zero-order chi connectivity index (χ0) is 11.9. The van der Waals surface area contributed by atoms with Gasteiger partial charge in [0, 0.05) is 13.7 Å². The summed E-state index contributed by atoms with van der Waals surface area (Å²) >= 11 is 0. The molecule has 1 aliphatic rings. The van der Waals surface area contributed by atoms with E-state index in [-0.39, 0.29) is 0 Å². The Bertz CT molecular complexity index is 304. The molecule has 0 saturated heterocycles. The van der Waals surface area contributed by atoms with Crippen LogP contribution in [0.2, 0.25) is 0 Å². The Morgan fingerprint density at radius 1 is 1.12 bits per heavy atom. The van der Waals surface area contributed by atoms with E-state index in [1.807, 2.05) is 7.11 Å². The molecule has 0 amide bonds. The first kappa shape index (κ1) is 12.6. The molecule has 0 atom stereocenters. The Balaban J connectivity index is 1.63. The van der Waals surface area contributed by atoms with E-state index in [0.717, 1.165) is 19.0 Å². The van der Waals surface area contributed by atoms with Gasteiger partial charge >= 0.3 is 0 Å². The highest BCUT2D eigenvalue weighted by Gasteiger charge is 2.20. The molecule has 1 aromatic carbocycles. The van der Waals surface area contributed by atoms with E-state index in [9.17, 15) is 0 Å². The number of benzene rings is 1. The highest BCUT2D eigenvalue weighted by Crippen LogP contribution is 2.25. The van der Waals surface area contributed by atoms with Crippen molar-refractivity contribution in [1.29, 1.82) is 0 Å². The third kappa shape index (κ3) is 4.14. The van der Waals surface area contributed by atoms with E-state index in [4.69, 9.17) is 4.74 Å². The first-order valence-electron chi connectivity index (χ1n) is 6.66. The van der Waals surface area contributed by atoms with Crippen molar-refractivity contribution in [2.45, 2.75) is 38.3 Å². The second kappa shape index (κ2) is 6.77. The van der Waals surface area contributed by atoms with Crippen LogP contribution in [-0.4, -0.2) is 19.8 Å². The van der Waals surface area contributed by atoms with Crippen molar-refractivity contribution >= 4 is 0 Å². The van der Waals surface area contributed by atoms with Crippen LogP contribution >= 0.6 is 0 Å². The standard InChI is InChI=1S/C15H23NO/c1-17-15-9-7-14(8-10-15)12-16-11-13-5-3-2-4-6-13/h2-6,14-16H,7-12H2,1H3. The molecule has 0 spiro atoms. The van der Waals surface area contributed by atoms with Crippen LogP contribution in [0.4, 0.5) is 0 Å². The molecule has 94 valence electrons. The molecule has 0 aromatic heterocycles. The zero-order valence-electron chi connectivity index (χ0n) is 10.7. The lowest BCUT2D eigenvalue weighted by Crippen LogP contribution is -2.28. The van der Waals surface area contributed by atoms with E-state index in [1.54, 1.807) is 0 Å². The molecule has 0 unspecified atom stereocenters. The first-order valence-corrected chi connectivity index (χ1v) is 6.66. The molecular formula is C15H23NO. The molecule has 0 aliphatic heterocycles. The van der Waals surface area contributed by atoms with Gasteiger partial charge in [0.15, 0.2) is 0 Å². The van der Waals surface area contributed by atoms with Crippen LogP contribution < -0.4 is 5.32 Å². The molecule has 1 fully saturated rings. The largest absolute Gasteiger partial charge is 0.381 e. The third-order valence-corrected chi connectivity index (χ3v) is 3.73. The van der Waals surface area contributed by atoms with E-state index in [1.165, 1.54) is 31.2 Å². The molecule has 1 aliphatic carbocycles. The Morgan fingerprint density at radius 2 is 1.82 bits per heavy atom. The molecule has 2 rings (SSSR count). The fourth-order valence-corrected chi connectivity index (χ4v) is 2.59. The molecule has 1 N–H and O–H groups in total. The van der Waals surface area contributed by atoms with Gasteiger partial charge in [-0.05, 0) is 43.7 Å². The Labute approximate surface area is 104 Å². The number of nitrogens with one attached hydrogen (secondary N) is 1. The second-order valence-electron chi connectivity index (χ2n) is 4.99. The number of rotatable bonds is 5. The van der Waals surface area contributed by atoms with Gasteiger partial charge in [0.25, 0.3) is 0 Å². The summed E-state index contributed by atoms with van der Waals surface area (Å²) in [4.78, 5) is 0. The van der Waals surface area contributed by atoms with Crippen molar-refractivity contribution in [1.82, 2.24) is 5.32 Å². The maximum Gasteiger partial charge on any atom is 0.0571 e. The number of hydrogen-bond acceptors (Lipinski definition) is 2. The highest BCUT2D eigenvalue weighted by molar-refractivity contribution is 5.14.